The highest BCUT2D eigenvalue weighted by Crippen LogP contribution is 2.45. The van der Waals surface area contributed by atoms with Crippen LogP contribution in [0.25, 0.3) is 10.9 Å². The molecule has 2 nitrogen and oxygen atoms in total. The first-order valence-corrected chi connectivity index (χ1v) is 8.38. The van der Waals surface area contributed by atoms with Crippen LogP contribution in [-0.2, 0) is 6.42 Å². The molecule has 2 heteroatoms. The van der Waals surface area contributed by atoms with Crippen molar-refractivity contribution in [1.29, 1.82) is 0 Å². The number of hydrogen-bond acceptors (Lipinski definition) is 1. The molecular weight excluding hydrogens is 256 g/mol. The fraction of sp³-hybridized carbons (Fsp3) is 0.579. The molecule has 1 aromatic heterocycles. The van der Waals surface area contributed by atoms with Gasteiger partial charge in [0.2, 0.25) is 0 Å². The molecule has 2 heterocycles. The second-order valence-corrected chi connectivity index (χ2v) is 7.56. The SMILES string of the molecule is CC(C)n1cc2c3c(cccc31)[C@H]1C[C@@H](C)CN(C)[C@@H]1C2. The molecule has 1 aromatic carbocycles. The normalized spacial score (nSPS) is 29.1. The standard InChI is InChI=1S/C19H26N2/c1-12(2)21-11-14-9-18-16(8-13(3)10-20(18)4)15-6-5-7-17(21)19(14)15/h5-7,11-13,16,18H,8-10H2,1-4H3/t13-,16-,18-/m1/s1. The number of hydrogen-bond donors (Lipinski definition) is 0. The Bertz CT molecular complexity index is 682. The van der Waals surface area contributed by atoms with Crippen LogP contribution < -0.4 is 0 Å². The third-order valence-electron chi connectivity index (χ3n) is 5.64. The van der Waals surface area contributed by atoms with E-state index >= 15 is 0 Å². The summed E-state index contributed by atoms with van der Waals surface area (Å²) in [5.74, 6) is 1.53. The molecular formula is C19H26N2. The number of benzene rings is 1. The molecule has 0 saturated carbocycles. The fourth-order valence-corrected chi connectivity index (χ4v) is 4.77. The van der Waals surface area contributed by atoms with E-state index in [1.165, 1.54) is 24.9 Å². The van der Waals surface area contributed by atoms with Gasteiger partial charge < -0.3 is 9.47 Å². The smallest absolute Gasteiger partial charge is 0.0488 e. The maximum absolute atomic E-state index is 2.60. The van der Waals surface area contributed by atoms with E-state index in [2.05, 4.69) is 61.7 Å². The van der Waals surface area contributed by atoms with Gasteiger partial charge in [-0.25, -0.2) is 0 Å². The van der Waals surface area contributed by atoms with Crippen molar-refractivity contribution in [2.75, 3.05) is 13.6 Å². The van der Waals surface area contributed by atoms with Gasteiger partial charge in [0.1, 0.15) is 0 Å². The lowest BCUT2D eigenvalue weighted by molar-refractivity contribution is 0.119. The van der Waals surface area contributed by atoms with E-state index in [0.29, 0.717) is 12.1 Å². The van der Waals surface area contributed by atoms with Gasteiger partial charge >= 0.3 is 0 Å². The third kappa shape index (κ3) is 1.88. The van der Waals surface area contributed by atoms with Crippen LogP contribution in [0, 0.1) is 5.92 Å². The lowest BCUT2D eigenvalue weighted by Crippen LogP contribution is -2.47. The summed E-state index contributed by atoms with van der Waals surface area (Å²) >= 11 is 0. The predicted molar refractivity (Wildman–Crippen MR) is 89.0 cm³/mol. The third-order valence-corrected chi connectivity index (χ3v) is 5.64. The first-order chi connectivity index (χ1) is 10.1. The van der Waals surface area contributed by atoms with Gasteiger partial charge in [-0.2, -0.15) is 0 Å². The Morgan fingerprint density at radius 2 is 2.05 bits per heavy atom. The molecule has 112 valence electrons. The molecule has 1 saturated heterocycles. The molecule has 1 fully saturated rings. The minimum atomic E-state index is 0.535. The van der Waals surface area contributed by atoms with Crippen LogP contribution in [0.3, 0.4) is 0 Å². The summed E-state index contributed by atoms with van der Waals surface area (Å²) in [6.07, 6.45) is 4.99. The van der Waals surface area contributed by atoms with Gasteiger partial charge in [0.15, 0.2) is 0 Å². The number of likely N-dealkylation sites (tertiary alicyclic amines) is 1. The lowest BCUT2D eigenvalue weighted by atomic mass is 9.73. The van der Waals surface area contributed by atoms with Crippen LogP contribution >= 0.6 is 0 Å². The van der Waals surface area contributed by atoms with E-state index in [1.54, 1.807) is 16.5 Å². The number of fused-ring (bicyclic) bond motifs is 2. The van der Waals surface area contributed by atoms with Crippen LogP contribution in [0.15, 0.2) is 24.4 Å². The van der Waals surface area contributed by atoms with E-state index in [9.17, 15) is 0 Å². The average molecular weight is 282 g/mol. The monoisotopic (exact) mass is 282 g/mol. The van der Waals surface area contributed by atoms with Crippen LogP contribution in [0.1, 0.15) is 50.3 Å². The highest BCUT2D eigenvalue weighted by Gasteiger charge is 2.38. The largest absolute Gasteiger partial charge is 0.345 e. The van der Waals surface area contributed by atoms with Gasteiger partial charge in [-0.15, -0.1) is 0 Å². The summed E-state index contributed by atoms with van der Waals surface area (Å²) in [5, 5.41) is 1.56. The summed E-state index contributed by atoms with van der Waals surface area (Å²) in [6.45, 7) is 8.23. The molecule has 1 aliphatic heterocycles. The van der Waals surface area contributed by atoms with E-state index in [1.807, 2.05) is 0 Å². The molecule has 0 spiro atoms. The molecule has 0 radical (unpaired) electrons. The number of aromatic nitrogens is 1. The molecule has 3 atom stereocenters. The molecule has 2 aliphatic rings. The Hall–Kier alpha value is -1.28. The quantitative estimate of drug-likeness (QED) is 0.761. The molecule has 0 unspecified atom stereocenters. The maximum atomic E-state index is 2.60. The number of likely N-dealkylation sites (N-methyl/N-ethyl adjacent to an activating group) is 1. The Labute approximate surface area is 127 Å². The molecule has 0 bridgehead atoms. The number of piperidine rings is 1. The van der Waals surface area contributed by atoms with Gasteiger partial charge in [0.05, 0.1) is 0 Å². The van der Waals surface area contributed by atoms with Crippen molar-refractivity contribution in [2.45, 2.75) is 51.6 Å². The van der Waals surface area contributed by atoms with Crippen molar-refractivity contribution in [2.24, 2.45) is 5.92 Å². The van der Waals surface area contributed by atoms with E-state index in [4.69, 9.17) is 0 Å². The second kappa shape index (κ2) is 4.61. The zero-order valence-electron chi connectivity index (χ0n) is 13.6. The second-order valence-electron chi connectivity index (χ2n) is 7.56. The van der Waals surface area contributed by atoms with Crippen molar-refractivity contribution in [1.82, 2.24) is 9.47 Å². The van der Waals surface area contributed by atoms with Gasteiger partial charge in [-0.1, -0.05) is 19.1 Å². The summed E-state index contributed by atoms with van der Waals surface area (Å²) in [7, 11) is 2.32. The number of nitrogens with zero attached hydrogens (tertiary/aromatic N) is 2. The summed E-state index contributed by atoms with van der Waals surface area (Å²) in [4.78, 5) is 2.60. The summed E-state index contributed by atoms with van der Waals surface area (Å²) < 4.78 is 2.47. The Morgan fingerprint density at radius 1 is 1.24 bits per heavy atom. The van der Waals surface area contributed by atoms with E-state index < -0.39 is 0 Å². The van der Waals surface area contributed by atoms with Gasteiger partial charge in [0, 0.05) is 41.6 Å². The van der Waals surface area contributed by atoms with Crippen molar-refractivity contribution in [3.05, 3.63) is 35.5 Å². The maximum Gasteiger partial charge on any atom is 0.0488 e. The van der Waals surface area contributed by atoms with Crippen molar-refractivity contribution < 1.29 is 0 Å². The van der Waals surface area contributed by atoms with Gasteiger partial charge in [-0.05, 0) is 56.8 Å². The van der Waals surface area contributed by atoms with Crippen molar-refractivity contribution in [3.8, 4) is 0 Å². The molecule has 21 heavy (non-hydrogen) atoms. The Kier molecular flexibility index (Phi) is 2.94. The predicted octanol–water partition coefficient (Wildman–Crippen LogP) is 4.20. The molecule has 2 aromatic rings. The molecule has 0 N–H and O–H groups in total. The summed E-state index contributed by atoms with van der Waals surface area (Å²) in [6, 6.07) is 8.19. The average Bonchev–Trinajstić information content (AvgIpc) is 2.81. The Morgan fingerprint density at radius 3 is 2.81 bits per heavy atom. The van der Waals surface area contributed by atoms with Crippen LogP contribution in [0.4, 0.5) is 0 Å². The zero-order valence-corrected chi connectivity index (χ0v) is 13.6. The topological polar surface area (TPSA) is 8.17 Å². The van der Waals surface area contributed by atoms with Crippen LogP contribution in [-0.4, -0.2) is 29.1 Å². The lowest BCUT2D eigenvalue weighted by Gasteiger charge is -2.44. The van der Waals surface area contributed by atoms with E-state index in [0.717, 1.165) is 11.8 Å². The molecule has 1 aliphatic carbocycles. The van der Waals surface area contributed by atoms with Crippen molar-refractivity contribution >= 4 is 10.9 Å². The van der Waals surface area contributed by atoms with Gasteiger partial charge in [0.25, 0.3) is 0 Å². The van der Waals surface area contributed by atoms with Crippen LogP contribution in [0.5, 0.6) is 0 Å². The minimum Gasteiger partial charge on any atom is -0.345 e. The molecule has 4 rings (SSSR count). The van der Waals surface area contributed by atoms with E-state index in [-0.39, 0.29) is 0 Å². The highest BCUT2D eigenvalue weighted by molar-refractivity contribution is 5.89. The Balaban J connectivity index is 1.93. The van der Waals surface area contributed by atoms with Crippen molar-refractivity contribution in [3.63, 3.8) is 0 Å². The first-order valence-electron chi connectivity index (χ1n) is 8.38. The zero-order chi connectivity index (χ0) is 14.7. The minimum absolute atomic E-state index is 0.535. The van der Waals surface area contributed by atoms with Gasteiger partial charge in [-0.3, -0.25) is 0 Å². The fourth-order valence-electron chi connectivity index (χ4n) is 4.77. The summed E-state index contributed by atoms with van der Waals surface area (Å²) in [5.41, 5.74) is 4.62. The number of rotatable bonds is 1. The van der Waals surface area contributed by atoms with Crippen LogP contribution in [0.2, 0.25) is 0 Å². The highest BCUT2D eigenvalue weighted by atomic mass is 15.1. The molecule has 0 amide bonds. The first kappa shape index (κ1) is 13.4.